The van der Waals surface area contributed by atoms with Gasteiger partial charge in [0, 0.05) is 6.16 Å². The molecule has 56 valence electrons. The average Bonchev–Trinajstić information content (AvgIpc) is 1.63. The average molecular weight is 156 g/mol. The molecule has 0 heterocycles. The standard InChI is InChI=1S/C4H10FO3P/c5-3-1-2-4-9(6,7)8/h1-4H2,(H2,6,7,8). The molecule has 3 nitrogen and oxygen atoms in total. The van der Waals surface area contributed by atoms with Crippen molar-refractivity contribution in [3.63, 3.8) is 0 Å². The maximum absolute atomic E-state index is 11.3. The van der Waals surface area contributed by atoms with E-state index in [4.69, 9.17) is 9.79 Å². The van der Waals surface area contributed by atoms with Gasteiger partial charge in [-0.2, -0.15) is 0 Å². The Labute approximate surface area is 53.1 Å². The van der Waals surface area contributed by atoms with E-state index in [1.165, 1.54) is 0 Å². The van der Waals surface area contributed by atoms with E-state index in [2.05, 4.69) is 0 Å². The largest absolute Gasteiger partial charge is 0.325 e. The minimum absolute atomic E-state index is 0.198. The first-order chi connectivity index (χ1) is 4.06. The van der Waals surface area contributed by atoms with E-state index in [9.17, 15) is 8.96 Å². The van der Waals surface area contributed by atoms with Crippen molar-refractivity contribution in [2.45, 2.75) is 12.8 Å². The number of halogens is 1. The molecule has 0 aliphatic carbocycles. The van der Waals surface area contributed by atoms with Crippen molar-refractivity contribution in [3.8, 4) is 0 Å². The molecule has 0 aromatic rings. The molecule has 0 aromatic carbocycles. The van der Waals surface area contributed by atoms with Gasteiger partial charge in [-0.15, -0.1) is 0 Å². The van der Waals surface area contributed by atoms with Gasteiger partial charge >= 0.3 is 7.60 Å². The number of hydrogen-bond acceptors (Lipinski definition) is 1. The Kier molecular flexibility index (Phi) is 4.02. The molecule has 0 bridgehead atoms. The lowest BCUT2D eigenvalue weighted by Gasteiger charge is -1.99. The quantitative estimate of drug-likeness (QED) is 0.470. The molecule has 0 amide bonds. The summed E-state index contributed by atoms with van der Waals surface area (Å²) in [7, 11) is -3.86. The van der Waals surface area contributed by atoms with Crippen molar-refractivity contribution >= 4 is 7.60 Å². The zero-order valence-corrected chi connectivity index (χ0v) is 5.85. The van der Waals surface area contributed by atoms with Gasteiger partial charge in [-0.1, -0.05) is 0 Å². The highest BCUT2D eigenvalue weighted by Gasteiger charge is 2.10. The molecule has 0 fully saturated rings. The summed E-state index contributed by atoms with van der Waals surface area (Å²) in [6, 6.07) is 0. The number of alkyl halides is 1. The summed E-state index contributed by atoms with van der Waals surface area (Å²) in [5.41, 5.74) is 0. The molecule has 0 saturated heterocycles. The molecule has 0 rings (SSSR count). The van der Waals surface area contributed by atoms with Crippen LogP contribution in [-0.4, -0.2) is 22.6 Å². The summed E-state index contributed by atoms with van der Waals surface area (Å²) in [5, 5.41) is 0. The van der Waals surface area contributed by atoms with Crippen LogP contribution < -0.4 is 0 Å². The summed E-state index contributed by atoms with van der Waals surface area (Å²) in [6.45, 7) is -0.500. The third-order valence-corrected chi connectivity index (χ3v) is 1.73. The highest BCUT2D eigenvalue weighted by molar-refractivity contribution is 7.51. The normalized spacial score (nSPS) is 11.9. The molecule has 0 aliphatic rings. The van der Waals surface area contributed by atoms with E-state index in [0.717, 1.165) is 0 Å². The highest BCUT2D eigenvalue weighted by atomic mass is 31.2. The Morgan fingerprint density at radius 2 is 1.89 bits per heavy atom. The van der Waals surface area contributed by atoms with Gasteiger partial charge < -0.3 is 9.79 Å². The monoisotopic (exact) mass is 156 g/mol. The van der Waals surface area contributed by atoms with Gasteiger partial charge in [0.1, 0.15) is 0 Å². The second kappa shape index (κ2) is 3.99. The molecule has 0 atom stereocenters. The van der Waals surface area contributed by atoms with Gasteiger partial charge in [0.15, 0.2) is 0 Å². The Hall–Kier alpha value is 0.0800. The van der Waals surface area contributed by atoms with Crippen LogP contribution in [0.25, 0.3) is 0 Å². The van der Waals surface area contributed by atoms with Gasteiger partial charge in [0.2, 0.25) is 0 Å². The van der Waals surface area contributed by atoms with E-state index in [1.54, 1.807) is 0 Å². The van der Waals surface area contributed by atoms with Crippen LogP contribution in [0.15, 0.2) is 0 Å². The highest BCUT2D eigenvalue weighted by Crippen LogP contribution is 2.35. The Morgan fingerprint density at radius 1 is 1.33 bits per heavy atom. The maximum Gasteiger partial charge on any atom is 0.325 e. The number of hydrogen-bond donors (Lipinski definition) is 2. The van der Waals surface area contributed by atoms with Crippen molar-refractivity contribution in [3.05, 3.63) is 0 Å². The lowest BCUT2D eigenvalue weighted by Crippen LogP contribution is -1.88. The van der Waals surface area contributed by atoms with Crippen LogP contribution in [0.5, 0.6) is 0 Å². The smallest absolute Gasteiger partial charge is 0.324 e. The molecular formula is C4H10FO3P. The van der Waals surface area contributed by atoms with E-state index in [-0.39, 0.29) is 19.0 Å². The zero-order chi connectivity index (χ0) is 7.33. The van der Waals surface area contributed by atoms with Gasteiger partial charge in [-0.05, 0) is 12.8 Å². The van der Waals surface area contributed by atoms with Crippen molar-refractivity contribution in [1.29, 1.82) is 0 Å². The summed E-state index contributed by atoms with van der Waals surface area (Å²) in [5.74, 6) is 0. The fraction of sp³-hybridized carbons (Fsp3) is 1.00. The van der Waals surface area contributed by atoms with Crippen molar-refractivity contribution in [2.24, 2.45) is 0 Å². The van der Waals surface area contributed by atoms with E-state index in [1.807, 2.05) is 0 Å². The molecule has 0 aliphatic heterocycles. The summed E-state index contributed by atoms with van der Waals surface area (Å²) in [4.78, 5) is 16.5. The van der Waals surface area contributed by atoms with Crippen molar-refractivity contribution in [1.82, 2.24) is 0 Å². The van der Waals surface area contributed by atoms with Gasteiger partial charge in [0.25, 0.3) is 0 Å². The summed E-state index contributed by atoms with van der Waals surface area (Å²) >= 11 is 0. The fourth-order valence-corrected chi connectivity index (χ4v) is 1.05. The lowest BCUT2D eigenvalue weighted by molar-refractivity contribution is 0.369. The van der Waals surface area contributed by atoms with E-state index >= 15 is 0 Å². The van der Waals surface area contributed by atoms with Crippen LogP contribution >= 0.6 is 7.60 Å². The first-order valence-corrected chi connectivity index (χ1v) is 4.46. The minimum Gasteiger partial charge on any atom is -0.324 e. The molecule has 9 heavy (non-hydrogen) atoms. The third kappa shape index (κ3) is 8.08. The first-order valence-electron chi connectivity index (χ1n) is 2.67. The molecule has 0 unspecified atom stereocenters. The van der Waals surface area contributed by atoms with Crippen LogP contribution in [0.3, 0.4) is 0 Å². The minimum atomic E-state index is -3.86. The van der Waals surface area contributed by atoms with Crippen LogP contribution in [0.1, 0.15) is 12.8 Å². The molecule has 5 heteroatoms. The predicted octanol–water partition coefficient (Wildman–Crippen LogP) is 0.914. The number of unbranched alkanes of at least 4 members (excludes halogenated alkanes) is 1. The third-order valence-electron chi connectivity index (χ3n) is 0.833. The SMILES string of the molecule is O=P(O)(O)CCCCF. The van der Waals surface area contributed by atoms with Crippen LogP contribution in [0.2, 0.25) is 0 Å². The lowest BCUT2D eigenvalue weighted by atomic mass is 10.4. The molecule has 0 saturated carbocycles. The topological polar surface area (TPSA) is 57.5 Å². The second-order valence-electron chi connectivity index (χ2n) is 1.78. The van der Waals surface area contributed by atoms with Crippen LogP contribution in [0.4, 0.5) is 4.39 Å². The zero-order valence-electron chi connectivity index (χ0n) is 4.96. The molecule has 2 N–H and O–H groups in total. The number of rotatable bonds is 4. The molecule has 0 aromatic heterocycles. The maximum atomic E-state index is 11.3. The van der Waals surface area contributed by atoms with Crippen molar-refractivity contribution in [2.75, 3.05) is 12.8 Å². The van der Waals surface area contributed by atoms with Crippen molar-refractivity contribution < 1.29 is 18.7 Å². The van der Waals surface area contributed by atoms with Gasteiger partial charge in [-0.25, -0.2) is 0 Å². The van der Waals surface area contributed by atoms with Crippen LogP contribution in [0, 0.1) is 0 Å². The van der Waals surface area contributed by atoms with Gasteiger partial charge in [0.05, 0.1) is 6.67 Å². The Balaban J connectivity index is 3.18. The van der Waals surface area contributed by atoms with E-state index < -0.39 is 14.3 Å². The summed E-state index contributed by atoms with van der Waals surface area (Å²) < 4.78 is 21.4. The Morgan fingerprint density at radius 3 is 2.22 bits per heavy atom. The first kappa shape index (κ1) is 9.08. The Bertz CT molecular complexity index is 110. The molecule has 0 radical (unpaired) electrons. The summed E-state index contributed by atoms with van der Waals surface area (Å²) in [6.07, 6.45) is 0.308. The molecule has 0 spiro atoms. The predicted molar refractivity (Wildman–Crippen MR) is 32.1 cm³/mol. The second-order valence-corrected chi connectivity index (χ2v) is 3.56. The molecular weight excluding hydrogens is 146 g/mol. The van der Waals surface area contributed by atoms with Crippen LogP contribution in [-0.2, 0) is 4.57 Å². The fourth-order valence-electron chi connectivity index (χ4n) is 0.412. The van der Waals surface area contributed by atoms with Gasteiger partial charge in [-0.3, -0.25) is 8.96 Å². The van der Waals surface area contributed by atoms with E-state index in [0.29, 0.717) is 0 Å².